The Morgan fingerprint density at radius 2 is 1.91 bits per heavy atom. The molecule has 0 aliphatic carbocycles. The van der Waals surface area contributed by atoms with Crippen LogP contribution in [0.25, 0.3) is 0 Å². The maximum absolute atomic E-state index is 11.1. The summed E-state index contributed by atoms with van der Waals surface area (Å²) in [4.78, 5) is 0. The Labute approximate surface area is 68.2 Å². The van der Waals surface area contributed by atoms with Crippen LogP contribution >= 0.6 is 7.80 Å². The number of aliphatic hydroxyl groups is 2. The van der Waals surface area contributed by atoms with E-state index in [2.05, 4.69) is 0 Å². The minimum atomic E-state index is -1.30. The molecule has 0 spiro atoms. The molecule has 0 rings (SSSR count). The van der Waals surface area contributed by atoms with Crippen LogP contribution in [0.15, 0.2) is 0 Å². The zero-order valence-corrected chi connectivity index (χ0v) is 7.92. The Bertz CT molecular complexity index is 123. The molecule has 0 saturated heterocycles. The van der Waals surface area contributed by atoms with Crippen LogP contribution in [0.3, 0.4) is 0 Å². The van der Waals surface area contributed by atoms with Crippen molar-refractivity contribution >= 4 is 7.80 Å². The highest BCUT2D eigenvalue weighted by Crippen LogP contribution is 2.24. The van der Waals surface area contributed by atoms with Gasteiger partial charge in [0.15, 0.2) is 6.29 Å². The smallest absolute Gasteiger partial charge is 0.152 e. The Balaban J connectivity index is 3.38. The fourth-order valence-electron chi connectivity index (χ4n) is 0.758. The average Bonchev–Trinajstić information content (AvgIpc) is 1.82. The van der Waals surface area contributed by atoms with Gasteiger partial charge in [0.25, 0.3) is 0 Å². The first-order valence-electron chi connectivity index (χ1n) is 3.80. The van der Waals surface area contributed by atoms with E-state index in [0.29, 0.717) is 18.2 Å². The largest absolute Gasteiger partial charge is 0.368 e. The maximum Gasteiger partial charge on any atom is 0.152 e. The van der Waals surface area contributed by atoms with Gasteiger partial charge in [-0.1, -0.05) is 13.8 Å². The van der Waals surface area contributed by atoms with Crippen LogP contribution in [0, 0.1) is 5.92 Å². The number of aliphatic hydroxyl groups excluding tert-OH is 1. The second kappa shape index (κ2) is 5.64. The molecule has 0 fully saturated rings. The summed E-state index contributed by atoms with van der Waals surface area (Å²) in [6, 6.07) is 0. The SMILES string of the molecule is CC(C)C[P](=O)CCC(O)O. The monoisotopic (exact) mass is 179 g/mol. The number of rotatable bonds is 5. The third-order valence-electron chi connectivity index (χ3n) is 1.21. The average molecular weight is 179 g/mol. The summed E-state index contributed by atoms with van der Waals surface area (Å²) in [6.07, 6.45) is 0.0240. The fraction of sp³-hybridized carbons (Fsp3) is 1.00. The first-order valence-corrected chi connectivity index (χ1v) is 5.43. The molecule has 0 heterocycles. The van der Waals surface area contributed by atoms with Gasteiger partial charge in [-0.15, -0.1) is 0 Å². The zero-order chi connectivity index (χ0) is 8.85. The summed E-state index contributed by atoms with van der Waals surface area (Å²) in [7, 11) is -1.22. The third-order valence-corrected chi connectivity index (χ3v) is 3.10. The van der Waals surface area contributed by atoms with Crippen LogP contribution < -0.4 is 0 Å². The van der Waals surface area contributed by atoms with Crippen LogP contribution in [-0.2, 0) is 4.57 Å². The van der Waals surface area contributed by atoms with Crippen molar-refractivity contribution in [1.29, 1.82) is 0 Å². The molecule has 0 saturated carbocycles. The van der Waals surface area contributed by atoms with Gasteiger partial charge >= 0.3 is 0 Å². The van der Waals surface area contributed by atoms with Crippen molar-refractivity contribution in [2.75, 3.05) is 12.3 Å². The fourth-order valence-corrected chi connectivity index (χ4v) is 2.27. The highest BCUT2D eigenvalue weighted by molar-refractivity contribution is 7.44. The lowest BCUT2D eigenvalue weighted by Gasteiger charge is -2.04. The van der Waals surface area contributed by atoms with E-state index in [1.165, 1.54) is 0 Å². The Kier molecular flexibility index (Phi) is 5.65. The molecular weight excluding hydrogens is 163 g/mol. The second-order valence-electron chi connectivity index (χ2n) is 3.05. The molecule has 11 heavy (non-hydrogen) atoms. The molecule has 67 valence electrons. The van der Waals surface area contributed by atoms with E-state index < -0.39 is 14.1 Å². The first-order chi connectivity index (χ1) is 5.02. The molecule has 2 N–H and O–H groups in total. The molecule has 0 aromatic heterocycles. The summed E-state index contributed by atoms with van der Waals surface area (Å²) >= 11 is 0. The van der Waals surface area contributed by atoms with Gasteiger partial charge in [-0.05, 0) is 5.92 Å². The summed E-state index contributed by atoms with van der Waals surface area (Å²) in [5.74, 6) is 0.425. The van der Waals surface area contributed by atoms with Gasteiger partial charge in [-0.3, -0.25) is 4.57 Å². The quantitative estimate of drug-likeness (QED) is 0.492. The molecule has 0 aromatic rings. The van der Waals surface area contributed by atoms with Crippen molar-refractivity contribution in [1.82, 2.24) is 0 Å². The standard InChI is InChI=1S/C7H16O3P/c1-6(2)5-11(10)4-3-7(8)9/h6-9H,3-5H2,1-2H3. The summed E-state index contributed by atoms with van der Waals surface area (Å²) in [6.45, 7) is 4.01. The molecule has 0 aliphatic rings. The van der Waals surface area contributed by atoms with Crippen molar-refractivity contribution in [2.24, 2.45) is 5.92 Å². The molecule has 1 radical (unpaired) electrons. The number of hydrogen-bond acceptors (Lipinski definition) is 3. The predicted octanol–water partition coefficient (Wildman–Crippen LogP) is 1.17. The highest BCUT2D eigenvalue weighted by atomic mass is 31.1. The van der Waals surface area contributed by atoms with E-state index in [-0.39, 0.29) is 6.42 Å². The first kappa shape index (κ1) is 11.0. The molecule has 1 unspecified atom stereocenters. The molecule has 0 aliphatic heterocycles. The molecule has 3 nitrogen and oxygen atoms in total. The van der Waals surface area contributed by atoms with Gasteiger partial charge in [0.1, 0.15) is 0 Å². The Hall–Kier alpha value is 0.0200. The van der Waals surface area contributed by atoms with Crippen molar-refractivity contribution in [3.8, 4) is 0 Å². The van der Waals surface area contributed by atoms with E-state index in [0.717, 1.165) is 0 Å². The van der Waals surface area contributed by atoms with Crippen LogP contribution in [-0.4, -0.2) is 28.8 Å². The highest BCUT2D eigenvalue weighted by Gasteiger charge is 2.05. The van der Waals surface area contributed by atoms with Gasteiger partial charge in [0.2, 0.25) is 0 Å². The van der Waals surface area contributed by atoms with Crippen molar-refractivity contribution in [3.05, 3.63) is 0 Å². The summed E-state index contributed by atoms with van der Waals surface area (Å²) in [5.41, 5.74) is 0. The van der Waals surface area contributed by atoms with Gasteiger partial charge in [-0.25, -0.2) is 0 Å². The molecule has 0 amide bonds. The van der Waals surface area contributed by atoms with Crippen LogP contribution in [0.5, 0.6) is 0 Å². The van der Waals surface area contributed by atoms with E-state index in [4.69, 9.17) is 10.2 Å². The van der Waals surface area contributed by atoms with Crippen LogP contribution in [0.2, 0.25) is 0 Å². The molecule has 0 aromatic carbocycles. The lowest BCUT2D eigenvalue weighted by atomic mass is 10.3. The molecule has 4 heteroatoms. The van der Waals surface area contributed by atoms with Crippen molar-refractivity contribution in [3.63, 3.8) is 0 Å². The molecule has 0 bridgehead atoms. The van der Waals surface area contributed by atoms with E-state index in [9.17, 15) is 4.57 Å². The van der Waals surface area contributed by atoms with Gasteiger partial charge in [-0.2, -0.15) is 0 Å². The van der Waals surface area contributed by atoms with E-state index >= 15 is 0 Å². The van der Waals surface area contributed by atoms with Crippen molar-refractivity contribution < 1.29 is 14.8 Å². The Morgan fingerprint density at radius 3 is 2.27 bits per heavy atom. The molecular formula is C7H16O3P. The van der Waals surface area contributed by atoms with Gasteiger partial charge in [0.05, 0.1) is 7.80 Å². The lowest BCUT2D eigenvalue weighted by Crippen LogP contribution is -2.05. The van der Waals surface area contributed by atoms with E-state index in [1.807, 2.05) is 13.8 Å². The summed E-state index contributed by atoms with van der Waals surface area (Å²) in [5, 5.41) is 16.9. The summed E-state index contributed by atoms with van der Waals surface area (Å²) < 4.78 is 11.1. The normalized spacial score (nSPS) is 12.7. The minimum Gasteiger partial charge on any atom is -0.368 e. The van der Waals surface area contributed by atoms with E-state index in [1.54, 1.807) is 0 Å². The predicted molar refractivity (Wildman–Crippen MR) is 45.0 cm³/mol. The van der Waals surface area contributed by atoms with Crippen LogP contribution in [0.1, 0.15) is 20.3 Å². The maximum atomic E-state index is 11.1. The number of hydrogen-bond donors (Lipinski definition) is 2. The van der Waals surface area contributed by atoms with Gasteiger partial charge in [0, 0.05) is 18.7 Å². The lowest BCUT2D eigenvalue weighted by molar-refractivity contribution is -0.0407. The Morgan fingerprint density at radius 1 is 1.36 bits per heavy atom. The minimum absolute atomic E-state index is 0.224. The van der Waals surface area contributed by atoms with Gasteiger partial charge < -0.3 is 10.2 Å². The molecule has 1 atom stereocenters. The topological polar surface area (TPSA) is 57.5 Å². The zero-order valence-electron chi connectivity index (χ0n) is 7.03. The second-order valence-corrected chi connectivity index (χ2v) is 4.83. The van der Waals surface area contributed by atoms with Crippen molar-refractivity contribution in [2.45, 2.75) is 26.6 Å². The van der Waals surface area contributed by atoms with Crippen LogP contribution in [0.4, 0.5) is 0 Å². The third kappa shape index (κ3) is 7.92.